The first-order valence-corrected chi connectivity index (χ1v) is 10.6. The van der Waals surface area contributed by atoms with Crippen LogP contribution in [-0.4, -0.2) is 69.0 Å². The minimum absolute atomic E-state index is 0. The van der Waals surface area contributed by atoms with Crippen LogP contribution in [-0.2, 0) is 20.7 Å². The predicted molar refractivity (Wildman–Crippen MR) is 129 cm³/mol. The van der Waals surface area contributed by atoms with Crippen molar-refractivity contribution in [3.05, 3.63) is 35.9 Å². The first-order chi connectivity index (χ1) is 14.1. The molecule has 1 aromatic carbocycles. The molecule has 1 saturated heterocycles. The van der Waals surface area contributed by atoms with E-state index in [1.807, 2.05) is 18.2 Å². The minimum atomic E-state index is -0.371. The van der Waals surface area contributed by atoms with E-state index in [0.29, 0.717) is 19.1 Å². The molecule has 1 atom stereocenters. The number of halogens is 1. The van der Waals surface area contributed by atoms with E-state index < -0.39 is 0 Å². The molecule has 1 aromatic rings. The Morgan fingerprint density at radius 1 is 1.17 bits per heavy atom. The summed E-state index contributed by atoms with van der Waals surface area (Å²) in [5, 5.41) is 6.66. The van der Waals surface area contributed by atoms with E-state index >= 15 is 0 Å². The molecule has 30 heavy (non-hydrogen) atoms. The fourth-order valence-corrected chi connectivity index (χ4v) is 3.71. The second-order valence-electron chi connectivity index (χ2n) is 8.02. The largest absolute Gasteiger partial charge is 0.356 e. The molecular weight excluding hydrogens is 495 g/mol. The number of hydrogen-bond acceptors (Lipinski definition) is 4. The third kappa shape index (κ3) is 7.70. The molecule has 7 nitrogen and oxygen atoms in total. The van der Waals surface area contributed by atoms with Crippen LogP contribution in [0.15, 0.2) is 35.3 Å². The zero-order valence-electron chi connectivity index (χ0n) is 18.1. The molecule has 1 saturated carbocycles. The van der Waals surface area contributed by atoms with Crippen LogP contribution in [0, 0.1) is 0 Å². The number of carbonyl (C=O) groups is 1. The number of likely N-dealkylation sites (N-methyl/N-ethyl adjacent to an activating group) is 1. The monoisotopic (exact) mass is 530 g/mol. The van der Waals surface area contributed by atoms with Gasteiger partial charge in [0.15, 0.2) is 11.7 Å². The average molecular weight is 530 g/mol. The van der Waals surface area contributed by atoms with Gasteiger partial charge in [-0.25, -0.2) is 4.99 Å². The molecule has 0 radical (unpaired) electrons. The van der Waals surface area contributed by atoms with Crippen LogP contribution in [0.25, 0.3) is 0 Å². The van der Waals surface area contributed by atoms with Gasteiger partial charge in [0.25, 0.3) is 0 Å². The van der Waals surface area contributed by atoms with Crippen LogP contribution in [0.3, 0.4) is 0 Å². The van der Waals surface area contributed by atoms with Gasteiger partial charge in [0.05, 0.1) is 6.61 Å². The predicted octanol–water partition coefficient (Wildman–Crippen LogP) is 2.55. The number of benzene rings is 1. The smallest absolute Gasteiger partial charge is 0.243 e. The summed E-state index contributed by atoms with van der Waals surface area (Å²) in [4.78, 5) is 17.9. The summed E-state index contributed by atoms with van der Waals surface area (Å²) in [7, 11) is 3.47. The van der Waals surface area contributed by atoms with E-state index in [-0.39, 0.29) is 48.3 Å². The minimum Gasteiger partial charge on any atom is -0.356 e. The van der Waals surface area contributed by atoms with Gasteiger partial charge >= 0.3 is 0 Å². The Balaban J connectivity index is 0.00000320. The molecule has 8 heteroatoms. The molecule has 1 spiro atoms. The summed E-state index contributed by atoms with van der Waals surface area (Å²) < 4.78 is 12.2. The molecule has 3 rings (SSSR count). The van der Waals surface area contributed by atoms with E-state index in [1.165, 1.54) is 24.8 Å². The number of hydrogen-bond donors (Lipinski definition) is 2. The van der Waals surface area contributed by atoms with Crippen molar-refractivity contribution in [1.82, 2.24) is 15.5 Å². The standard InChI is InChI=1S/C22H34N4O3.HI/c1-26(2)20(27)16-25-21(23-14-11-18-9-5-3-6-10-18)24-15-19-17-28-22(29-19)12-7-4-8-13-22;/h3,5-6,9-10,19H,4,7-8,11-17H2,1-2H3,(H2,23,24,25);1H. The maximum atomic E-state index is 11.9. The topological polar surface area (TPSA) is 75.2 Å². The van der Waals surface area contributed by atoms with Gasteiger partial charge < -0.3 is 25.0 Å². The third-order valence-electron chi connectivity index (χ3n) is 5.45. The highest BCUT2D eigenvalue weighted by Crippen LogP contribution is 2.37. The lowest BCUT2D eigenvalue weighted by atomic mass is 9.94. The molecule has 1 aliphatic carbocycles. The van der Waals surface area contributed by atoms with Gasteiger partial charge in [-0.05, 0) is 24.8 Å². The van der Waals surface area contributed by atoms with Crippen LogP contribution in [0.1, 0.15) is 37.7 Å². The molecule has 2 fully saturated rings. The van der Waals surface area contributed by atoms with E-state index in [4.69, 9.17) is 9.47 Å². The number of nitrogens with zero attached hydrogens (tertiary/aromatic N) is 2. The SMILES string of the molecule is CN(C)C(=O)CN=C(NCCc1ccccc1)NCC1COC2(CCCCC2)O1.I. The number of guanidine groups is 1. The Morgan fingerprint density at radius 2 is 1.90 bits per heavy atom. The Labute approximate surface area is 197 Å². The number of aliphatic imine (C=N–C) groups is 1. The van der Waals surface area contributed by atoms with Gasteiger partial charge in [-0.1, -0.05) is 36.8 Å². The summed E-state index contributed by atoms with van der Waals surface area (Å²) in [5.74, 6) is 0.226. The third-order valence-corrected chi connectivity index (χ3v) is 5.45. The molecule has 1 heterocycles. The molecular formula is C22H35IN4O3. The van der Waals surface area contributed by atoms with Gasteiger partial charge in [-0.15, -0.1) is 24.0 Å². The van der Waals surface area contributed by atoms with Crippen molar-refractivity contribution in [3.63, 3.8) is 0 Å². The van der Waals surface area contributed by atoms with Crippen molar-refractivity contribution in [2.75, 3.05) is 40.3 Å². The van der Waals surface area contributed by atoms with Gasteiger partial charge in [0, 0.05) is 40.0 Å². The van der Waals surface area contributed by atoms with Crippen molar-refractivity contribution in [3.8, 4) is 0 Å². The molecule has 2 N–H and O–H groups in total. The molecule has 1 unspecified atom stereocenters. The lowest BCUT2D eigenvalue weighted by Crippen LogP contribution is -2.43. The molecule has 2 aliphatic rings. The summed E-state index contributed by atoms with van der Waals surface area (Å²) in [6.45, 7) is 2.05. The molecule has 1 amide bonds. The zero-order chi connectivity index (χ0) is 20.5. The maximum Gasteiger partial charge on any atom is 0.243 e. The van der Waals surface area contributed by atoms with Crippen molar-refractivity contribution >= 4 is 35.8 Å². The summed E-state index contributed by atoms with van der Waals surface area (Å²) in [6.07, 6.45) is 6.45. The van der Waals surface area contributed by atoms with Gasteiger partial charge in [0.2, 0.25) is 5.91 Å². The fourth-order valence-electron chi connectivity index (χ4n) is 3.71. The number of nitrogens with one attached hydrogen (secondary N) is 2. The van der Waals surface area contributed by atoms with Crippen LogP contribution < -0.4 is 10.6 Å². The van der Waals surface area contributed by atoms with Crippen molar-refractivity contribution in [2.24, 2.45) is 4.99 Å². The quantitative estimate of drug-likeness (QED) is 0.322. The first kappa shape index (κ1) is 24.9. The van der Waals surface area contributed by atoms with E-state index in [1.54, 1.807) is 19.0 Å². The second-order valence-corrected chi connectivity index (χ2v) is 8.02. The van der Waals surface area contributed by atoms with Crippen LogP contribution >= 0.6 is 24.0 Å². The maximum absolute atomic E-state index is 11.9. The second kappa shape index (κ2) is 12.5. The number of amides is 1. The molecule has 0 aromatic heterocycles. The number of rotatable bonds is 7. The van der Waals surface area contributed by atoms with Crippen molar-refractivity contribution < 1.29 is 14.3 Å². The average Bonchev–Trinajstić information content (AvgIpc) is 3.12. The van der Waals surface area contributed by atoms with Crippen LogP contribution in [0.2, 0.25) is 0 Å². The van der Waals surface area contributed by atoms with Gasteiger partial charge in [0.1, 0.15) is 12.6 Å². The highest BCUT2D eigenvalue weighted by Gasteiger charge is 2.42. The summed E-state index contributed by atoms with van der Waals surface area (Å²) >= 11 is 0. The first-order valence-electron chi connectivity index (χ1n) is 10.6. The van der Waals surface area contributed by atoms with E-state index in [0.717, 1.165) is 25.8 Å². The van der Waals surface area contributed by atoms with Gasteiger partial charge in [-0.2, -0.15) is 0 Å². The Bertz CT molecular complexity index is 678. The van der Waals surface area contributed by atoms with Crippen LogP contribution in [0.4, 0.5) is 0 Å². The molecule has 168 valence electrons. The Morgan fingerprint density at radius 3 is 2.60 bits per heavy atom. The molecule has 0 bridgehead atoms. The molecule has 1 aliphatic heterocycles. The van der Waals surface area contributed by atoms with Crippen molar-refractivity contribution in [1.29, 1.82) is 0 Å². The summed E-state index contributed by atoms with van der Waals surface area (Å²) in [6, 6.07) is 10.3. The number of ether oxygens (including phenoxy) is 2. The highest BCUT2D eigenvalue weighted by molar-refractivity contribution is 14.0. The summed E-state index contributed by atoms with van der Waals surface area (Å²) in [5.41, 5.74) is 1.26. The lowest BCUT2D eigenvalue weighted by Gasteiger charge is -2.31. The van der Waals surface area contributed by atoms with Gasteiger partial charge in [-0.3, -0.25) is 4.79 Å². The van der Waals surface area contributed by atoms with E-state index in [9.17, 15) is 4.79 Å². The van der Waals surface area contributed by atoms with E-state index in [2.05, 4.69) is 27.8 Å². The number of carbonyl (C=O) groups excluding carboxylic acids is 1. The Hall–Kier alpha value is -1.39. The van der Waals surface area contributed by atoms with Crippen molar-refractivity contribution in [2.45, 2.75) is 50.4 Å². The van der Waals surface area contributed by atoms with Crippen LogP contribution in [0.5, 0.6) is 0 Å². The Kier molecular flexibility index (Phi) is 10.3. The fraction of sp³-hybridized carbons (Fsp3) is 0.636. The zero-order valence-corrected chi connectivity index (χ0v) is 20.4. The highest BCUT2D eigenvalue weighted by atomic mass is 127. The lowest BCUT2D eigenvalue weighted by molar-refractivity contribution is -0.186. The normalized spacial score (nSPS) is 20.5.